The average molecular weight is 855 g/mol. The Hall–Kier alpha value is -9.63. The number of hydrogen-bond donors (Lipinski definition) is 0. The Balaban J connectivity index is 1.13. The van der Waals surface area contributed by atoms with Crippen LogP contribution < -0.4 is 0 Å². The van der Waals surface area contributed by atoms with Gasteiger partial charge in [-0.1, -0.05) is 127 Å². The number of aromatic nitrogens is 6. The van der Waals surface area contributed by atoms with Gasteiger partial charge >= 0.3 is 0 Å². The van der Waals surface area contributed by atoms with Crippen LogP contribution in [0.5, 0.6) is 0 Å². The van der Waals surface area contributed by atoms with Crippen LogP contribution in [0.25, 0.3) is 117 Å². The van der Waals surface area contributed by atoms with Crippen LogP contribution in [0.3, 0.4) is 0 Å². The molecule has 8 nitrogen and oxygen atoms in total. The highest BCUT2D eigenvalue weighted by atomic mass is 15.2. The second kappa shape index (κ2) is 15.0. The molecule has 4 heterocycles. The Morgan fingerprint density at radius 2 is 0.925 bits per heavy atom. The third-order valence-electron chi connectivity index (χ3n) is 13.0. The molecule has 8 heteroatoms. The van der Waals surface area contributed by atoms with Crippen molar-refractivity contribution in [3.63, 3.8) is 0 Å². The van der Waals surface area contributed by atoms with E-state index >= 15 is 0 Å². The van der Waals surface area contributed by atoms with Gasteiger partial charge in [-0.2, -0.15) is 20.5 Å². The molecule has 0 unspecified atom stereocenters. The van der Waals surface area contributed by atoms with Crippen LogP contribution in [-0.2, 0) is 0 Å². The number of fused-ring (bicyclic) bond motifs is 10. The molecule has 0 amide bonds. The smallest absolute Gasteiger partial charge is 0.238 e. The highest BCUT2D eigenvalue weighted by Crippen LogP contribution is 2.44. The summed E-state index contributed by atoms with van der Waals surface area (Å²) >= 11 is 0. The summed E-state index contributed by atoms with van der Waals surface area (Å²) < 4.78 is 6.79. The van der Waals surface area contributed by atoms with Gasteiger partial charge in [-0.3, -0.25) is 4.57 Å². The summed E-state index contributed by atoms with van der Waals surface area (Å²) in [6.07, 6.45) is 0. The molecule has 310 valence electrons. The van der Waals surface area contributed by atoms with Gasteiger partial charge < -0.3 is 9.13 Å². The first kappa shape index (κ1) is 37.9. The first-order valence-corrected chi connectivity index (χ1v) is 22.1. The summed E-state index contributed by atoms with van der Waals surface area (Å²) in [4.78, 5) is 16.1. The lowest BCUT2D eigenvalue weighted by Gasteiger charge is -2.16. The lowest BCUT2D eigenvalue weighted by molar-refractivity contribution is 0.951. The highest BCUT2D eigenvalue weighted by Gasteiger charge is 2.25. The Bertz CT molecular complexity index is 4180. The van der Waals surface area contributed by atoms with Crippen LogP contribution >= 0.6 is 0 Å². The van der Waals surface area contributed by atoms with E-state index in [1.807, 2.05) is 78.9 Å². The summed E-state index contributed by atoms with van der Waals surface area (Å²) in [6.45, 7) is 0. The Morgan fingerprint density at radius 3 is 1.61 bits per heavy atom. The monoisotopic (exact) mass is 854 g/mol. The van der Waals surface area contributed by atoms with E-state index < -0.39 is 0 Å². The molecule has 0 aliphatic heterocycles. The molecule has 13 rings (SSSR count). The van der Waals surface area contributed by atoms with Crippen molar-refractivity contribution in [3.05, 3.63) is 217 Å². The van der Waals surface area contributed by atoms with Crippen LogP contribution in [0.1, 0.15) is 11.1 Å². The zero-order valence-corrected chi connectivity index (χ0v) is 35.7. The molecule has 0 spiro atoms. The molecule has 0 N–H and O–H groups in total. The van der Waals surface area contributed by atoms with Gasteiger partial charge in [-0.15, -0.1) is 0 Å². The minimum Gasteiger partial charge on any atom is -0.309 e. The van der Waals surface area contributed by atoms with Gasteiger partial charge in [-0.25, -0.2) is 4.98 Å². The first-order chi connectivity index (χ1) is 33.1. The van der Waals surface area contributed by atoms with Crippen molar-refractivity contribution in [2.24, 2.45) is 0 Å². The van der Waals surface area contributed by atoms with Gasteiger partial charge in [0.05, 0.1) is 62.1 Å². The summed E-state index contributed by atoms with van der Waals surface area (Å²) in [6, 6.07) is 74.9. The van der Waals surface area contributed by atoms with Crippen LogP contribution in [-0.4, -0.2) is 28.7 Å². The maximum atomic E-state index is 10.6. The number of benzene rings is 9. The second-order valence-electron chi connectivity index (χ2n) is 16.7. The molecular formula is C59H34N8. The first-order valence-electron chi connectivity index (χ1n) is 22.1. The van der Waals surface area contributed by atoms with Crippen LogP contribution in [0.4, 0.5) is 0 Å². The quantitative estimate of drug-likeness (QED) is 0.166. The Kier molecular flexibility index (Phi) is 8.48. The molecule has 0 saturated heterocycles. The molecule has 0 radical (unpaired) electrons. The van der Waals surface area contributed by atoms with Gasteiger partial charge in [0.15, 0.2) is 11.6 Å². The average Bonchev–Trinajstić information content (AvgIpc) is 4.04. The summed E-state index contributed by atoms with van der Waals surface area (Å²) in [5.41, 5.74) is 12.5. The normalized spacial score (nSPS) is 11.6. The number of rotatable bonds is 6. The topological polar surface area (TPSA) is 101 Å². The lowest BCUT2D eigenvalue weighted by Crippen LogP contribution is -2.08. The number of nitriles is 2. The van der Waals surface area contributed by atoms with Gasteiger partial charge in [0.2, 0.25) is 5.95 Å². The summed E-state index contributed by atoms with van der Waals surface area (Å²) in [5, 5.41) is 26.7. The number of nitrogens with zero attached hydrogens (tertiary/aromatic N) is 8. The molecule has 13 aromatic rings. The molecule has 9 aromatic carbocycles. The zero-order chi connectivity index (χ0) is 44.6. The van der Waals surface area contributed by atoms with Gasteiger partial charge in [0.1, 0.15) is 0 Å². The zero-order valence-electron chi connectivity index (χ0n) is 35.7. The minimum absolute atomic E-state index is 0.419. The molecule has 0 fully saturated rings. The van der Waals surface area contributed by atoms with E-state index in [2.05, 4.69) is 153 Å². The molecular weight excluding hydrogens is 821 g/mol. The minimum atomic E-state index is 0.419. The molecule has 0 aliphatic carbocycles. The van der Waals surface area contributed by atoms with E-state index in [0.29, 0.717) is 34.3 Å². The molecule has 67 heavy (non-hydrogen) atoms. The predicted molar refractivity (Wildman–Crippen MR) is 269 cm³/mol. The Labute approximate surface area is 383 Å². The molecule has 0 bridgehead atoms. The van der Waals surface area contributed by atoms with E-state index in [-0.39, 0.29) is 0 Å². The van der Waals surface area contributed by atoms with E-state index in [1.54, 1.807) is 0 Å². The van der Waals surface area contributed by atoms with E-state index in [0.717, 1.165) is 93.5 Å². The van der Waals surface area contributed by atoms with Crippen LogP contribution in [0.15, 0.2) is 206 Å². The maximum absolute atomic E-state index is 10.6. The molecule has 0 saturated carbocycles. The van der Waals surface area contributed by atoms with Crippen molar-refractivity contribution in [2.75, 3.05) is 0 Å². The molecule has 0 aliphatic rings. The van der Waals surface area contributed by atoms with Crippen molar-refractivity contribution in [1.82, 2.24) is 28.7 Å². The van der Waals surface area contributed by atoms with Crippen molar-refractivity contribution < 1.29 is 0 Å². The standard InChI is InChI=1S/C59H34N8/c60-35-37-25-28-39(29-26-37)40-13-12-14-41(34-40)57-62-58(64-59(63-57)67-50-22-9-4-17-43(50)44-18-5-10-23-51(44)67)48-33-38(36-61)27-31-53(48)66-49-21-8-6-19-45(49)46-30-32-54-55(56(46)66)47-20-7-11-24-52(47)65(54)42-15-2-1-3-16-42/h1-34H. The van der Waals surface area contributed by atoms with Crippen molar-refractivity contribution in [2.45, 2.75) is 0 Å². The third-order valence-corrected chi connectivity index (χ3v) is 13.0. The fourth-order valence-corrected chi connectivity index (χ4v) is 10.0. The summed E-state index contributed by atoms with van der Waals surface area (Å²) in [7, 11) is 0. The highest BCUT2D eigenvalue weighted by molar-refractivity contribution is 6.26. The largest absolute Gasteiger partial charge is 0.309 e. The van der Waals surface area contributed by atoms with E-state index in [4.69, 9.17) is 15.0 Å². The SMILES string of the molecule is N#Cc1ccc(-c2cccc(-c3nc(-c4cc(C#N)ccc4-n4c5ccccc5c5ccc6c(c7ccccc7n6-c6ccccc6)c54)nc(-n4c5ccccc5c5ccccc54)n3)c2)cc1. The fraction of sp³-hybridized carbons (Fsp3) is 0. The van der Waals surface area contributed by atoms with Gasteiger partial charge in [0.25, 0.3) is 0 Å². The maximum Gasteiger partial charge on any atom is 0.238 e. The third kappa shape index (κ3) is 5.88. The number of para-hydroxylation sites is 5. The van der Waals surface area contributed by atoms with Gasteiger partial charge in [0, 0.05) is 49.1 Å². The van der Waals surface area contributed by atoms with Crippen LogP contribution in [0.2, 0.25) is 0 Å². The van der Waals surface area contributed by atoms with Crippen molar-refractivity contribution >= 4 is 65.4 Å². The predicted octanol–water partition coefficient (Wildman–Crippen LogP) is 13.9. The summed E-state index contributed by atoms with van der Waals surface area (Å²) in [5.74, 6) is 1.34. The van der Waals surface area contributed by atoms with Gasteiger partial charge in [-0.05, 0) is 90.0 Å². The van der Waals surface area contributed by atoms with E-state index in [1.165, 1.54) is 0 Å². The van der Waals surface area contributed by atoms with Crippen molar-refractivity contribution in [1.29, 1.82) is 10.5 Å². The van der Waals surface area contributed by atoms with Crippen LogP contribution in [0, 0.1) is 22.7 Å². The molecule has 4 aromatic heterocycles. The number of hydrogen-bond acceptors (Lipinski definition) is 5. The fourth-order valence-electron chi connectivity index (χ4n) is 10.0. The van der Waals surface area contributed by atoms with Crippen molar-refractivity contribution in [3.8, 4) is 63.4 Å². The van der Waals surface area contributed by atoms with E-state index in [9.17, 15) is 10.5 Å². The molecule has 0 atom stereocenters. The lowest BCUT2D eigenvalue weighted by atomic mass is 10.0. The Morgan fingerprint density at radius 1 is 0.358 bits per heavy atom. The second-order valence-corrected chi connectivity index (χ2v) is 16.7.